The van der Waals surface area contributed by atoms with Crippen LogP contribution in [0.2, 0.25) is 0 Å². The molecule has 0 saturated carbocycles. The van der Waals surface area contributed by atoms with Crippen molar-refractivity contribution in [3.8, 4) is 0 Å². The number of carbonyl (C=O) groups is 1. The highest BCUT2D eigenvalue weighted by molar-refractivity contribution is 7.09. The molecule has 2 aromatic rings. The van der Waals surface area contributed by atoms with Crippen molar-refractivity contribution in [1.29, 1.82) is 0 Å². The van der Waals surface area contributed by atoms with E-state index in [0.29, 0.717) is 12.3 Å². The number of carbonyl (C=O) groups excluding carboxylic acids is 1. The van der Waals surface area contributed by atoms with Gasteiger partial charge in [-0.05, 0) is 39.0 Å². The molecule has 0 saturated heterocycles. The second-order valence-corrected chi connectivity index (χ2v) is 6.33. The highest BCUT2D eigenvalue weighted by atomic mass is 32.1. The zero-order chi connectivity index (χ0) is 14.7. The summed E-state index contributed by atoms with van der Waals surface area (Å²) >= 11 is 1.67. The number of amides is 1. The molecule has 0 radical (unpaired) electrons. The lowest BCUT2D eigenvalue weighted by molar-refractivity contribution is 0.0915. The Labute approximate surface area is 127 Å². The van der Waals surface area contributed by atoms with Crippen LogP contribution in [0.15, 0.2) is 9.90 Å². The van der Waals surface area contributed by atoms with Gasteiger partial charge in [0.15, 0.2) is 0 Å². The normalized spacial score (nSPS) is 14.0. The lowest BCUT2D eigenvalue weighted by Gasteiger charge is -2.09. The van der Waals surface area contributed by atoms with Gasteiger partial charge in [0, 0.05) is 29.6 Å². The van der Waals surface area contributed by atoms with Crippen LogP contribution in [0, 0.1) is 6.92 Å². The van der Waals surface area contributed by atoms with E-state index < -0.39 is 0 Å². The van der Waals surface area contributed by atoms with E-state index in [4.69, 9.17) is 4.52 Å². The summed E-state index contributed by atoms with van der Waals surface area (Å²) < 4.78 is 5.23. The lowest BCUT2D eigenvalue weighted by atomic mass is 9.96. The highest BCUT2D eigenvalue weighted by Crippen LogP contribution is 2.23. The Morgan fingerprint density at radius 3 is 3.10 bits per heavy atom. The van der Waals surface area contributed by atoms with E-state index in [1.165, 1.54) is 0 Å². The van der Waals surface area contributed by atoms with Crippen molar-refractivity contribution in [3.05, 3.63) is 33.1 Å². The molecule has 5 nitrogen and oxygen atoms in total. The quantitative estimate of drug-likeness (QED) is 0.862. The fraction of sp³-hybridized carbons (Fsp3) is 0.533. The Hall–Kier alpha value is -1.69. The van der Waals surface area contributed by atoms with Gasteiger partial charge in [-0.3, -0.25) is 4.79 Å². The number of rotatable bonds is 5. The van der Waals surface area contributed by atoms with Crippen molar-refractivity contribution < 1.29 is 9.32 Å². The van der Waals surface area contributed by atoms with Crippen LogP contribution >= 0.6 is 11.3 Å². The Morgan fingerprint density at radius 2 is 2.29 bits per heavy atom. The van der Waals surface area contributed by atoms with Crippen LogP contribution < -0.4 is 5.32 Å². The standard InChI is InChI=1S/C15H19N3O2S/c1-10-9-21-13(17-10)7-4-8-16-15(19)14-11-5-2-3-6-12(11)18-20-14/h9H,2-8H2,1H3,(H,16,19). The van der Waals surface area contributed by atoms with Crippen LogP contribution in [-0.4, -0.2) is 22.6 Å². The highest BCUT2D eigenvalue weighted by Gasteiger charge is 2.23. The van der Waals surface area contributed by atoms with Crippen LogP contribution in [0.3, 0.4) is 0 Å². The molecule has 1 aliphatic rings. The number of hydrogen-bond acceptors (Lipinski definition) is 5. The zero-order valence-corrected chi connectivity index (χ0v) is 13.0. The second kappa shape index (κ2) is 6.39. The molecule has 0 aliphatic heterocycles. The summed E-state index contributed by atoms with van der Waals surface area (Å²) in [6, 6.07) is 0. The Bertz CT molecular complexity index is 633. The average molecular weight is 305 g/mol. The smallest absolute Gasteiger partial charge is 0.290 e. The zero-order valence-electron chi connectivity index (χ0n) is 12.1. The molecule has 0 spiro atoms. The van der Waals surface area contributed by atoms with Gasteiger partial charge in [-0.2, -0.15) is 0 Å². The van der Waals surface area contributed by atoms with Crippen LogP contribution in [0.4, 0.5) is 0 Å². The molecule has 2 aromatic heterocycles. The SMILES string of the molecule is Cc1csc(CCCNC(=O)c2onc3c2CCCC3)n1. The molecule has 0 fully saturated rings. The first-order valence-corrected chi connectivity index (χ1v) is 8.28. The van der Waals surface area contributed by atoms with Gasteiger partial charge in [0.1, 0.15) is 0 Å². The van der Waals surface area contributed by atoms with Gasteiger partial charge in [0.2, 0.25) is 5.76 Å². The van der Waals surface area contributed by atoms with Gasteiger partial charge in [0.05, 0.1) is 10.7 Å². The summed E-state index contributed by atoms with van der Waals surface area (Å²) in [7, 11) is 0. The van der Waals surface area contributed by atoms with E-state index in [-0.39, 0.29) is 5.91 Å². The molecule has 6 heteroatoms. The fourth-order valence-electron chi connectivity index (χ4n) is 2.61. The van der Waals surface area contributed by atoms with E-state index in [1.54, 1.807) is 11.3 Å². The summed E-state index contributed by atoms with van der Waals surface area (Å²) in [5.41, 5.74) is 3.03. The molecular weight excluding hydrogens is 286 g/mol. The molecule has 1 N–H and O–H groups in total. The van der Waals surface area contributed by atoms with Crippen LogP contribution in [0.5, 0.6) is 0 Å². The molecule has 3 rings (SSSR count). The van der Waals surface area contributed by atoms with Gasteiger partial charge in [-0.15, -0.1) is 11.3 Å². The van der Waals surface area contributed by atoms with Crippen molar-refractivity contribution in [1.82, 2.24) is 15.5 Å². The summed E-state index contributed by atoms with van der Waals surface area (Å²) in [5.74, 6) is 0.274. The third-order valence-corrected chi connectivity index (χ3v) is 4.71. The first kappa shape index (κ1) is 14.3. The number of aryl methyl sites for hydroxylation is 3. The largest absolute Gasteiger partial charge is 0.350 e. The maximum atomic E-state index is 12.1. The third-order valence-electron chi connectivity index (χ3n) is 3.69. The molecule has 1 aliphatic carbocycles. The minimum absolute atomic E-state index is 0.138. The first-order chi connectivity index (χ1) is 10.2. The Kier molecular flexibility index (Phi) is 4.34. The van der Waals surface area contributed by atoms with E-state index >= 15 is 0 Å². The van der Waals surface area contributed by atoms with Crippen molar-refractivity contribution in [2.24, 2.45) is 0 Å². The van der Waals surface area contributed by atoms with Crippen molar-refractivity contribution >= 4 is 17.2 Å². The summed E-state index contributed by atoms with van der Waals surface area (Å²) in [6.45, 7) is 2.63. The maximum absolute atomic E-state index is 12.1. The first-order valence-electron chi connectivity index (χ1n) is 7.40. The molecule has 21 heavy (non-hydrogen) atoms. The van der Waals surface area contributed by atoms with E-state index in [0.717, 1.165) is 60.5 Å². The number of thiazole rings is 1. The molecule has 1 amide bonds. The monoisotopic (exact) mass is 305 g/mol. The molecule has 112 valence electrons. The minimum atomic E-state index is -0.138. The molecule has 2 heterocycles. The van der Waals surface area contributed by atoms with Gasteiger partial charge in [0.25, 0.3) is 5.91 Å². The van der Waals surface area contributed by atoms with Crippen molar-refractivity contribution in [2.45, 2.75) is 45.4 Å². The molecular formula is C15H19N3O2S. The number of nitrogens with zero attached hydrogens (tertiary/aromatic N) is 2. The molecule has 0 unspecified atom stereocenters. The van der Waals surface area contributed by atoms with Crippen molar-refractivity contribution in [3.63, 3.8) is 0 Å². The number of fused-ring (bicyclic) bond motifs is 1. The maximum Gasteiger partial charge on any atom is 0.290 e. The average Bonchev–Trinajstić information content (AvgIpc) is 3.09. The van der Waals surface area contributed by atoms with Gasteiger partial charge < -0.3 is 9.84 Å². The number of hydrogen-bond donors (Lipinski definition) is 1. The number of nitrogens with one attached hydrogen (secondary N) is 1. The van der Waals surface area contributed by atoms with Crippen molar-refractivity contribution in [2.75, 3.05) is 6.54 Å². The molecule has 0 bridgehead atoms. The lowest BCUT2D eigenvalue weighted by Crippen LogP contribution is -2.25. The fourth-order valence-corrected chi connectivity index (χ4v) is 3.43. The third kappa shape index (κ3) is 3.32. The van der Waals surface area contributed by atoms with Crippen LogP contribution in [-0.2, 0) is 19.3 Å². The Balaban J connectivity index is 1.49. The second-order valence-electron chi connectivity index (χ2n) is 5.39. The number of aromatic nitrogens is 2. The summed E-state index contributed by atoms with van der Waals surface area (Å²) in [6.07, 6.45) is 5.85. The Morgan fingerprint density at radius 1 is 1.43 bits per heavy atom. The van der Waals surface area contributed by atoms with Crippen LogP contribution in [0.25, 0.3) is 0 Å². The summed E-state index contributed by atoms with van der Waals surface area (Å²) in [4.78, 5) is 16.5. The summed E-state index contributed by atoms with van der Waals surface area (Å²) in [5, 5.41) is 10.1. The van der Waals surface area contributed by atoms with E-state index in [1.807, 2.05) is 6.92 Å². The van der Waals surface area contributed by atoms with Gasteiger partial charge in [-0.1, -0.05) is 5.16 Å². The molecule has 0 aromatic carbocycles. The van der Waals surface area contributed by atoms with Gasteiger partial charge >= 0.3 is 0 Å². The predicted molar refractivity (Wildman–Crippen MR) is 80.7 cm³/mol. The predicted octanol–water partition coefficient (Wildman–Crippen LogP) is 2.68. The van der Waals surface area contributed by atoms with Gasteiger partial charge in [-0.25, -0.2) is 4.98 Å². The molecule has 0 atom stereocenters. The van der Waals surface area contributed by atoms with Crippen LogP contribution in [0.1, 0.15) is 51.8 Å². The topological polar surface area (TPSA) is 68.0 Å². The van der Waals surface area contributed by atoms with E-state index in [2.05, 4.69) is 20.8 Å². The van der Waals surface area contributed by atoms with E-state index in [9.17, 15) is 4.79 Å². The minimum Gasteiger partial charge on any atom is -0.350 e.